The molecule has 1 atom stereocenters. The van der Waals surface area contributed by atoms with Gasteiger partial charge in [0.05, 0.1) is 0 Å². The molecule has 4 rings (SSSR count). The van der Waals surface area contributed by atoms with Crippen LogP contribution >= 0.6 is 0 Å². The van der Waals surface area contributed by atoms with Crippen molar-refractivity contribution in [1.29, 1.82) is 0 Å². The fourth-order valence-corrected chi connectivity index (χ4v) is 4.76. The summed E-state index contributed by atoms with van der Waals surface area (Å²) in [6.45, 7) is 2.42. The molecule has 0 aromatic heterocycles. The van der Waals surface area contributed by atoms with Gasteiger partial charge in [0.2, 0.25) is 5.91 Å². The van der Waals surface area contributed by atoms with Crippen molar-refractivity contribution >= 4 is 18.0 Å². The molecule has 0 fully saturated rings. The van der Waals surface area contributed by atoms with Crippen molar-refractivity contribution < 1.29 is 24.2 Å². The van der Waals surface area contributed by atoms with E-state index in [4.69, 9.17) is 9.84 Å². The normalized spacial score (nSPS) is 13.4. The van der Waals surface area contributed by atoms with Crippen LogP contribution in [0, 0.1) is 0 Å². The fraction of sp³-hybridized carbons (Fsp3) is 0.258. The topological polar surface area (TPSA) is 108 Å². The quantitative estimate of drug-likeness (QED) is 0.323. The van der Waals surface area contributed by atoms with Crippen LogP contribution in [0.15, 0.2) is 90.5 Å². The van der Waals surface area contributed by atoms with Gasteiger partial charge in [-0.2, -0.15) is 0 Å². The number of benzene rings is 3. The van der Waals surface area contributed by atoms with E-state index in [-0.39, 0.29) is 31.2 Å². The molecule has 0 saturated carbocycles. The maximum atomic E-state index is 13.0. The summed E-state index contributed by atoms with van der Waals surface area (Å²) < 4.78 is 5.66. The molecule has 3 aromatic carbocycles. The van der Waals surface area contributed by atoms with E-state index < -0.39 is 24.0 Å². The van der Waals surface area contributed by atoms with Gasteiger partial charge in [0.25, 0.3) is 0 Å². The average Bonchev–Trinajstić information content (AvgIpc) is 3.25. The van der Waals surface area contributed by atoms with Crippen molar-refractivity contribution in [3.63, 3.8) is 0 Å². The van der Waals surface area contributed by atoms with Gasteiger partial charge in [-0.15, -0.1) is 0 Å². The number of hydrogen-bond acceptors (Lipinski definition) is 5. The van der Waals surface area contributed by atoms with Gasteiger partial charge in [-0.25, -0.2) is 9.59 Å². The monoisotopic (exact) mass is 527 g/mol. The number of amides is 2. The van der Waals surface area contributed by atoms with Gasteiger partial charge in [-0.1, -0.05) is 84.9 Å². The van der Waals surface area contributed by atoms with E-state index in [1.54, 1.807) is 0 Å². The summed E-state index contributed by atoms with van der Waals surface area (Å²) in [4.78, 5) is 38.9. The number of hydrogen-bond donors (Lipinski definition) is 3. The first-order chi connectivity index (χ1) is 18.8. The summed E-state index contributed by atoms with van der Waals surface area (Å²) in [6, 6.07) is 25.1. The molecule has 0 bridgehead atoms. The predicted molar refractivity (Wildman–Crippen MR) is 149 cm³/mol. The molecule has 3 N–H and O–H groups in total. The molecule has 1 aliphatic rings. The molecule has 0 radical (unpaired) electrons. The first-order valence-corrected chi connectivity index (χ1v) is 12.8. The second-order valence-electron chi connectivity index (χ2n) is 9.64. The first kappa shape index (κ1) is 27.6. The predicted octanol–water partition coefficient (Wildman–Crippen LogP) is 4.17. The number of carbonyl (C=O) groups excluding carboxylic acids is 2. The van der Waals surface area contributed by atoms with Crippen LogP contribution in [0.4, 0.5) is 4.79 Å². The highest BCUT2D eigenvalue weighted by atomic mass is 16.5. The molecule has 202 valence electrons. The highest BCUT2D eigenvalue weighted by molar-refractivity contribution is 5.87. The standard InChI is InChI=1S/C31H33N3O5/c1-21(30(36)37)16-17-32-29(35)28(19-34(2)18-22-10-4-3-5-11-22)33-31(38)39-20-27-25-14-8-6-12-23(25)24-13-7-9-15-26(24)27/h3-16,27-28H,17-20H2,1-2H3,(H,32,35)(H,33,38)(H,36,37)/b21-16+. The third kappa shape index (κ3) is 7.12. The Morgan fingerprint density at radius 2 is 1.54 bits per heavy atom. The third-order valence-electron chi connectivity index (χ3n) is 6.76. The molecule has 8 heteroatoms. The van der Waals surface area contributed by atoms with E-state index in [9.17, 15) is 14.4 Å². The van der Waals surface area contributed by atoms with Crippen molar-refractivity contribution in [1.82, 2.24) is 15.5 Å². The summed E-state index contributed by atoms with van der Waals surface area (Å²) >= 11 is 0. The Morgan fingerprint density at radius 3 is 2.15 bits per heavy atom. The molecule has 3 aromatic rings. The molecule has 1 unspecified atom stereocenters. The second kappa shape index (κ2) is 12.9. The van der Waals surface area contributed by atoms with E-state index in [2.05, 4.69) is 22.8 Å². The number of rotatable bonds is 11. The number of carboxylic acid groups (broad SMARTS) is 1. The summed E-state index contributed by atoms with van der Waals surface area (Å²) in [6.07, 6.45) is 0.723. The second-order valence-corrected chi connectivity index (χ2v) is 9.64. The smallest absolute Gasteiger partial charge is 0.407 e. The lowest BCUT2D eigenvalue weighted by Crippen LogP contribution is -2.52. The Bertz CT molecular complexity index is 1310. The van der Waals surface area contributed by atoms with Crippen LogP contribution in [0.2, 0.25) is 0 Å². The van der Waals surface area contributed by atoms with Crippen LogP contribution < -0.4 is 10.6 Å². The number of nitrogens with zero attached hydrogens (tertiary/aromatic N) is 1. The molecule has 0 spiro atoms. The maximum Gasteiger partial charge on any atom is 0.407 e. The zero-order valence-corrected chi connectivity index (χ0v) is 22.1. The summed E-state index contributed by atoms with van der Waals surface area (Å²) in [5.74, 6) is -1.58. The molecular weight excluding hydrogens is 494 g/mol. The minimum absolute atomic E-state index is 0.0300. The van der Waals surface area contributed by atoms with Gasteiger partial charge in [0.15, 0.2) is 0 Å². The molecule has 0 aliphatic heterocycles. The number of alkyl carbamates (subject to hydrolysis) is 1. The zero-order chi connectivity index (χ0) is 27.8. The fourth-order valence-electron chi connectivity index (χ4n) is 4.76. The Hall–Kier alpha value is -4.43. The number of nitrogens with one attached hydrogen (secondary N) is 2. The van der Waals surface area contributed by atoms with Gasteiger partial charge in [-0.05, 0) is 41.8 Å². The van der Waals surface area contributed by atoms with Crippen molar-refractivity contribution in [2.24, 2.45) is 0 Å². The van der Waals surface area contributed by atoms with Crippen LogP contribution in [0.3, 0.4) is 0 Å². The van der Waals surface area contributed by atoms with Gasteiger partial charge in [0, 0.05) is 31.1 Å². The Morgan fingerprint density at radius 1 is 0.949 bits per heavy atom. The van der Waals surface area contributed by atoms with Crippen LogP contribution in [0.1, 0.15) is 29.5 Å². The lowest BCUT2D eigenvalue weighted by Gasteiger charge is -2.24. The van der Waals surface area contributed by atoms with Crippen LogP contribution in [-0.4, -0.2) is 60.8 Å². The van der Waals surface area contributed by atoms with Gasteiger partial charge in [0.1, 0.15) is 12.6 Å². The minimum atomic E-state index is -1.06. The molecule has 8 nitrogen and oxygen atoms in total. The average molecular weight is 528 g/mol. The maximum absolute atomic E-state index is 13.0. The number of likely N-dealkylation sites (N-methyl/N-ethyl adjacent to an activating group) is 1. The molecule has 2 amide bonds. The Kier molecular flexibility index (Phi) is 9.12. The Balaban J connectivity index is 1.41. The van der Waals surface area contributed by atoms with Crippen molar-refractivity contribution in [2.45, 2.75) is 25.4 Å². The van der Waals surface area contributed by atoms with E-state index >= 15 is 0 Å². The SMILES string of the molecule is C/C(=C\CNC(=O)C(CN(C)Cc1ccccc1)NC(=O)OCC1c2ccccc2-c2ccccc21)C(=O)O. The molecular formula is C31H33N3O5. The first-order valence-electron chi connectivity index (χ1n) is 12.8. The summed E-state index contributed by atoms with van der Waals surface area (Å²) in [5, 5.41) is 14.4. The van der Waals surface area contributed by atoms with Crippen LogP contribution in [0.25, 0.3) is 11.1 Å². The third-order valence-corrected chi connectivity index (χ3v) is 6.76. The molecule has 0 saturated heterocycles. The van der Waals surface area contributed by atoms with E-state index in [0.717, 1.165) is 27.8 Å². The summed E-state index contributed by atoms with van der Waals surface area (Å²) in [7, 11) is 1.86. The van der Waals surface area contributed by atoms with Crippen LogP contribution in [-0.2, 0) is 20.9 Å². The number of fused-ring (bicyclic) bond motifs is 3. The molecule has 0 heterocycles. The Labute approximate surface area is 228 Å². The van der Waals surface area contributed by atoms with E-state index in [0.29, 0.717) is 6.54 Å². The number of carbonyl (C=O) groups is 3. The van der Waals surface area contributed by atoms with E-state index in [1.807, 2.05) is 78.7 Å². The van der Waals surface area contributed by atoms with Crippen LogP contribution in [0.5, 0.6) is 0 Å². The number of ether oxygens (including phenoxy) is 1. The minimum Gasteiger partial charge on any atom is -0.478 e. The number of aliphatic carboxylic acids is 1. The largest absolute Gasteiger partial charge is 0.478 e. The summed E-state index contributed by atoms with van der Waals surface area (Å²) in [5.41, 5.74) is 5.66. The van der Waals surface area contributed by atoms with Crippen molar-refractivity contribution in [2.75, 3.05) is 26.7 Å². The highest BCUT2D eigenvalue weighted by Crippen LogP contribution is 2.44. The highest BCUT2D eigenvalue weighted by Gasteiger charge is 2.30. The van der Waals surface area contributed by atoms with Gasteiger partial charge < -0.3 is 20.5 Å². The van der Waals surface area contributed by atoms with Gasteiger partial charge >= 0.3 is 12.1 Å². The molecule has 1 aliphatic carbocycles. The lowest BCUT2D eigenvalue weighted by atomic mass is 9.98. The zero-order valence-electron chi connectivity index (χ0n) is 22.1. The van der Waals surface area contributed by atoms with Crippen molar-refractivity contribution in [3.8, 4) is 11.1 Å². The van der Waals surface area contributed by atoms with Crippen molar-refractivity contribution in [3.05, 3.63) is 107 Å². The molecule has 39 heavy (non-hydrogen) atoms. The van der Waals surface area contributed by atoms with E-state index in [1.165, 1.54) is 13.0 Å². The number of carboxylic acids is 1. The lowest BCUT2D eigenvalue weighted by molar-refractivity contribution is -0.132. The van der Waals surface area contributed by atoms with Gasteiger partial charge in [-0.3, -0.25) is 9.69 Å².